The molecule has 2 aromatic rings. The third kappa shape index (κ3) is 5.17. The molecule has 2 heterocycles. The van der Waals surface area contributed by atoms with Crippen molar-refractivity contribution in [2.45, 2.75) is 24.8 Å². The van der Waals surface area contributed by atoms with E-state index in [-0.39, 0.29) is 28.6 Å². The molecule has 0 fully saturated rings. The molecule has 1 aliphatic heterocycles. The van der Waals surface area contributed by atoms with Crippen LogP contribution in [0.3, 0.4) is 0 Å². The van der Waals surface area contributed by atoms with Crippen LogP contribution in [0.5, 0.6) is 0 Å². The third-order valence-electron chi connectivity index (χ3n) is 4.58. The van der Waals surface area contributed by atoms with Crippen molar-refractivity contribution in [3.63, 3.8) is 0 Å². The molecule has 0 spiro atoms. The fourth-order valence-corrected chi connectivity index (χ4v) is 5.73. The van der Waals surface area contributed by atoms with Crippen LogP contribution in [0.25, 0.3) is 0 Å². The van der Waals surface area contributed by atoms with Gasteiger partial charge in [0.1, 0.15) is 10.8 Å². The first-order valence-corrected chi connectivity index (χ1v) is 12.1. The van der Waals surface area contributed by atoms with E-state index in [1.807, 2.05) is 0 Å². The predicted molar refractivity (Wildman–Crippen MR) is 116 cm³/mol. The summed E-state index contributed by atoms with van der Waals surface area (Å²) in [6.07, 6.45) is -0.108. The molecule has 3 amide bonds. The van der Waals surface area contributed by atoms with Gasteiger partial charge in [-0.05, 0) is 43.2 Å². The Bertz CT molecular complexity index is 1130. The van der Waals surface area contributed by atoms with Crippen molar-refractivity contribution >= 4 is 55.7 Å². The predicted octanol–water partition coefficient (Wildman–Crippen LogP) is 2.43. The average molecular weight is 486 g/mol. The number of ether oxygens (including phenoxy) is 1. The SMILES string of the molecule is CCOC(=O)N1CCc2c(sc(NC(=O)CS(=O)(=O)c3ccc(Cl)cc3)c2C(N)=O)C1. The summed E-state index contributed by atoms with van der Waals surface area (Å²) < 4.78 is 30.0. The molecule has 166 valence electrons. The standard InChI is InChI=1S/C19H20ClN3O6S2/c1-2-29-19(26)23-8-7-13-14(9-23)30-18(16(13)17(21)25)22-15(24)10-31(27,28)12-5-3-11(20)4-6-12/h3-6H,2,7-10H2,1H3,(H2,21,25)(H,22,24). The number of amides is 3. The van der Waals surface area contributed by atoms with Crippen molar-refractivity contribution in [1.82, 2.24) is 4.90 Å². The lowest BCUT2D eigenvalue weighted by atomic mass is 10.0. The molecule has 1 aromatic heterocycles. The maximum atomic E-state index is 12.5. The van der Waals surface area contributed by atoms with Gasteiger partial charge < -0.3 is 20.7 Å². The summed E-state index contributed by atoms with van der Waals surface area (Å²) in [5.41, 5.74) is 6.30. The van der Waals surface area contributed by atoms with Crippen molar-refractivity contribution in [3.8, 4) is 0 Å². The number of carbonyl (C=O) groups is 3. The number of thiophene rings is 1. The lowest BCUT2D eigenvalue weighted by molar-refractivity contribution is -0.113. The number of primary amides is 1. The number of hydrogen-bond donors (Lipinski definition) is 2. The van der Waals surface area contributed by atoms with Gasteiger partial charge in [-0.25, -0.2) is 13.2 Å². The van der Waals surface area contributed by atoms with E-state index in [4.69, 9.17) is 22.1 Å². The first-order valence-electron chi connectivity index (χ1n) is 9.26. The molecule has 9 nitrogen and oxygen atoms in total. The lowest BCUT2D eigenvalue weighted by Gasteiger charge is -2.26. The van der Waals surface area contributed by atoms with Gasteiger partial charge in [0.15, 0.2) is 9.84 Å². The smallest absolute Gasteiger partial charge is 0.410 e. The van der Waals surface area contributed by atoms with E-state index in [0.29, 0.717) is 28.4 Å². The van der Waals surface area contributed by atoms with E-state index < -0.39 is 33.5 Å². The molecule has 0 saturated heterocycles. The zero-order valence-corrected chi connectivity index (χ0v) is 18.9. The minimum Gasteiger partial charge on any atom is -0.450 e. The van der Waals surface area contributed by atoms with Crippen LogP contribution in [-0.4, -0.2) is 50.1 Å². The minimum absolute atomic E-state index is 0.0438. The highest BCUT2D eigenvalue weighted by Gasteiger charge is 2.30. The molecule has 0 unspecified atom stereocenters. The first-order chi connectivity index (χ1) is 14.6. The van der Waals surface area contributed by atoms with Gasteiger partial charge in [-0.3, -0.25) is 9.59 Å². The molecule has 0 atom stereocenters. The van der Waals surface area contributed by atoms with E-state index in [1.165, 1.54) is 29.2 Å². The largest absolute Gasteiger partial charge is 0.450 e. The highest BCUT2D eigenvalue weighted by atomic mass is 35.5. The van der Waals surface area contributed by atoms with Crippen LogP contribution in [0.2, 0.25) is 5.02 Å². The van der Waals surface area contributed by atoms with E-state index in [1.54, 1.807) is 6.92 Å². The molecule has 0 radical (unpaired) electrons. The van der Waals surface area contributed by atoms with Gasteiger partial charge in [0, 0.05) is 16.4 Å². The van der Waals surface area contributed by atoms with Gasteiger partial charge in [0.25, 0.3) is 5.91 Å². The summed E-state index contributed by atoms with van der Waals surface area (Å²) in [5.74, 6) is -2.36. The Morgan fingerprint density at radius 2 is 1.94 bits per heavy atom. The van der Waals surface area contributed by atoms with Gasteiger partial charge in [-0.2, -0.15) is 0 Å². The van der Waals surface area contributed by atoms with Crippen LogP contribution >= 0.6 is 22.9 Å². The first kappa shape index (κ1) is 23.0. The van der Waals surface area contributed by atoms with Gasteiger partial charge in [-0.1, -0.05) is 11.6 Å². The van der Waals surface area contributed by atoms with Crippen LogP contribution in [0.15, 0.2) is 29.2 Å². The van der Waals surface area contributed by atoms with Crippen molar-refractivity contribution in [3.05, 3.63) is 45.3 Å². The second-order valence-corrected chi connectivity index (χ2v) is 10.2. The normalized spacial score (nSPS) is 13.4. The quantitative estimate of drug-likeness (QED) is 0.644. The highest BCUT2D eigenvalue weighted by Crippen LogP contribution is 2.37. The number of nitrogens with zero attached hydrogens (tertiary/aromatic N) is 1. The Morgan fingerprint density at radius 1 is 1.26 bits per heavy atom. The zero-order chi connectivity index (χ0) is 22.8. The Hall–Kier alpha value is -2.63. The van der Waals surface area contributed by atoms with Crippen molar-refractivity contribution in [2.24, 2.45) is 5.73 Å². The lowest BCUT2D eigenvalue weighted by Crippen LogP contribution is -2.36. The number of fused-ring (bicyclic) bond motifs is 1. The van der Waals surface area contributed by atoms with E-state index in [9.17, 15) is 22.8 Å². The highest BCUT2D eigenvalue weighted by molar-refractivity contribution is 7.92. The van der Waals surface area contributed by atoms with Crippen LogP contribution in [0.4, 0.5) is 9.80 Å². The number of benzene rings is 1. The van der Waals surface area contributed by atoms with Crippen LogP contribution in [0, 0.1) is 0 Å². The number of anilines is 1. The number of carbonyl (C=O) groups excluding carboxylic acids is 3. The number of sulfone groups is 1. The molecule has 1 aromatic carbocycles. The fraction of sp³-hybridized carbons (Fsp3) is 0.316. The summed E-state index contributed by atoms with van der Waals surface area (Å²) in [6.45, 7) is 2.48. The molecule has 3 N–H and O–H groups in total. The molecule has 31 heavy (non-hydrogen) atoms. The van der Waals surface area contributed by atoms with Gasteiger partial charge >= 0.3 is 6.09 Å². The Balaban J connectivity index is 1.80. The maximum absolute atomic E-state index is 12.5. The van der Waals surface area contributed by atoms with Crippen LogP contribution in [0.1, 0.15) is 27.7 Å². The Morgan fingerprint density at radius 3 is 2.55 bits per heavy atom. The Labute approximate surface area is 188 Å². The summed E-state index contributed by atoms with van der Waals surface area (Å²) in [5, 5.41) is 3.03. The van der Waals surface area contributed by atoms with Crippen molar-refractivity contribution in [1.29, 1.82) is 0 Å². The van der Waals surface area contributed by atoms with Crippen LogP contribution < -0.4 is 11.1 Å². The summed E-state index contributed by atoms with van der Waals surface area (Å²) >= 11 is 6.86. The van der Waals surface area contributed by atoms with Crippen LogP contribution in [-0.2, 0) is 32.3 Å². The molecule has 1 aliphatic rings. The number of nitrogens with two attached hydrogens (primary N) is 1. The molecule has 12 heteroatoms. The zero-order valence-electron chi connectivity index (χ0n) is 16.5. The second-order valence-electron chi connectivity index (χ2n) is 6.70. The molecule has 0 saturated carbocycles. The summed E-state index contributed by atoms with van der Waals surface area (Å²) in [6, 6.07) is 5.46. The van der Waals surface area contributed by atoms with E-state index in [2.05, 4.69) is 5.32 Å². The summed E-state index contributed by atoms with van der Waals surface area (Å²) in [4.78, 5) is 38.6. The average Bonchev–Trinajstić information content (AvgIpc) is 3.04. The molecule has 3 rings (SSSR count). The fourth-order valence-electron chi connectivity index (χ4n) is 3.18. The Kier molecular flexibility index (Phi) is 6.87. The van der Waals surface area contributed by atoms with Gasteiger partial charge in [-0.15, -0.1) is 11.3 Å². The summed E-state index contributed by atoms with van der Waals surface area (Å²) in [7, 11) is -3.91. The number of hydrogen-bond acceptors (Lipinski definition) is 7. The molecular weight excluding hydrogens is 466 g/mol. The van der Waals surface area contributed by atoms with E-state index in [0.717, 1.165) is 11.3 Å². The minimum atomic E-state index is -3.91. The second kappa shape index (κ2) is 9.25. The maximum Gasteiger partial charge on any atom is 0.410 e. The topological polar surface area (TPSA) is 136 Å². The van der Waals surface area contributed by atoms with Gasteiger partial charge in [0.05, 0.1) is 23.6 Å². The monoisotopic (exact) mass is 485 g/mol. The molecule has 0 bridgehead atoms. The number of halogens is 1. The van der Waals surface area contributed by atoms with Crippen molar-refractivity contribution < 1.29 is 27.5 Å². The van der Waals surface area contributed by atoms with Crippen molar-refractivity contribution in [2.75, 3.05) is 24.2 Å². The van der Waals surface area contributed by atoms with E-state index >= 15 is 0 Å². The molecular formula is C19H20ClN3O6S2. The van der Waals surface area contributed by atoms with Gasteiger partial charge in [0.2, 0.25) is 5.91 Å². The number of rotatable bonds is 6. The molecule has 0 aliphatic carbocycles. The third-order valence-corrected chi connectivity index (χ3v) is 7.59. The number of nitrogens with one attached hydrogen (secondary N) is 1.